The summed E-state index contributed by atoms with van der Waals surface area (Å²) in [6.45, 7) is 0. The average molecular weight is 170 g/mol. The first-order chi connectivity index (χ1) is 5.72. The lowest BCUT2D eigenvalue weighted by Gasteiger charge is -2.01. The Balaban J connectivity index is 2.65. The summed E-state index contributed by atoms with van der Waals surface area (Å²) in [6.07, 6.45) is 1.89. The first-order valence-electron chi connectivity index (χ1n) is 3.39. The monoisotopic (exact) mass is 170 g/mol. The van der Waals surface area contributed by atoms with Gasteiger partial charge in [-0.15, -0.1) is 0 Å². The fraction of sp³-hybridized carbons (Fsp3) is 0.286. The summed E-state index contributed by atoms with van der Waals surface area (Å²) in [6, 6.07) is 0. The van der Waals surface area contributed by atoms with Crippen LogP contribution in [0.5, 0.6) is 0 Å². The van der Waals surface area contributed by atoms with Crippen LogP contribution in [0, 0.1) is 6.42 Å². The average Bonchev–Trinajstić information content (AvgIpc) is 2.05. The van der Waals surface area contributed by atoms with Gasteiger partial charge in [0, 0.05) is 19.4 Å². The zero-order chi connectivity index (χ0) is 8.97. The van der Waals surface area contributed by atoms with Crippen molar-refractivity contribution in [1.29, 1.82) is 0 Å². The van der Waals surface area contributed by atoms with Gasteiger partial charge in [-0.25, -0.2) is 14.4 Å². The smallest absolute Gasteiger partial charge is 0.222 e. The first kappa shape index (κ1) is 8.86. The normalized spacial score (nSPS) is 12.6. The van der Waals surface area contributed by atoms with Gasteiger partial charge in [0.25, 0.3) is 0 Å². The van der Waals surface area contributed by atoms with E-state index in [1.807, 2.05) is 0 Å². The molecule has 5 heteroatoms. The van der Waals surface area contributed by atoms with Crippen LogP contribution in [-0.2, 0) is 0 Å². The lowest BCUT2D eigenvalue weighted by molar-refractivity contribution is 0.0759. The Morgan fingerprint density at radius 2 is 2.17 bits per heavy atom. The number of hydrogen-bond acceptors (Lipinski definition) is 4. The third-order valence-corrected chi connectivity index (χ3v) is 1.23. The van der Waals surface area contributed by atoms with E-state index in [1.165, 1.54) is 12.4 Å². The second-order valence-electron chi connectivity index (χ2n) is 2.13. The van der Waals surface area contributed by atoms with Crippen molar-refractivity contribution >= 4 is 5.95 Å². The standard InChI is InChI=1S/C7H9FN3O/c1-9-7-10-3-5(4-11-7)2-6(8)12/h2-4,6,12H,1H3,(H,9,10,11). The van der Waals surface area contributed by atoms with Crippen LogP contribution in [0.25, 0.3) is 0 Å². The summed E-state index contributed by atoms with van der Waals surface area (Å²) in [7, 11) is 1.68. The number of aliphatic hydroxyl groups excluding tert-OH is 1. The minimum Gasteiger partial charge on any atom is -0.364 e. The summed E-state index contributed by atoms with van der Waals surface area (Å²) < 4.78 is 12.0. The summed E-state index contributed by atoms with van der Waals surface area (Å²) in [4.78, 5) is 7.64. The van der Waals surface area contributed by atoms with Crippen LogP contribution < -0.4 is 5.32 Å². The van der Waals surface area contributed by atoms with Gasteiger partial charge in [0.1, 0.15) is 0 Å². The molecule has 0 spiro atoms. The molecule has 65 valence electrons. The summed E-state index contributed by atoms with van der Waals surface area (Å²) in [5.41, 5.74) is 0.448. The molecular formula is C7H9FN3O. The van der Waals surface area contributed by atoms with Crippen molar-refractivity contribution < 1.29 is 9.50 Å². The zero-order valence-corrected chi connectivity index (χ0v) is 6.53. The molecule has 0 aliphatic rings. The van der Waals surface area contributed by atoms with E-state index in [-0.39, 0.29) is 0 Å². The topological polar surface area (TPSA) is 58.0 Å². The van der Waals surface area contributed by atoms with Crippen molar-refractivity contribution in [2.45, 2.75) is 6.36 Å². The Morgan fingerprint density at radius 3 is 2.58 bits per heavy atom. The second kappa shape index (κ2) is 3.96. The predicted molar refractivity (Wildman–Crippen MR) is 42.1 cm³/mol. The molecule has 2 N–H and O–H groups in total. The lowest BCUT2D eigenvalue weighted by atomic mass is 10.2. The van der Waals surface area contributed by atoms with Crippen molar-refractivity contribution in [2.75, 3.05) is 12.4 Å². The highest BCUT2D eigenvalue weighted by Gasteiger charge is 2.03. The molecule has 1 aromatic heterocycles. The summed E-state index contributed by atoms with van der Waals surface area (Å²) in [5.74, 6) is 0.459. The molecule has 0 bridgehead atoms. The van der Waals surface area contributed by atoms with Gasteiger partial charge >= 0.3 is 0 Å². The minimum atomic E-state index is -1.96. The van der Waals surface area contributed by atoms with E-state index in [4.69, 9.17) is 5.11 Å². The number of nitrogens with one attached hydrogen (secondary N) is 1. The fourth-order valence-corrected chi connectivity index (χ4v) is 0.712. The van der Waals surface area contributed by atoms with Gasteiger partial charge in [0.2, 0.25) is 12.3 Å². The number of aliphatic hydroxyl groups is 1. The minimum absolute atomic E-state index is 0.448. The third kappa shape index (κ3) is 2.43. The number of anilines is 1. The molecule has 0 saturated carbocycles. The quantitative estimate of drug-likeness (QED) is 0.687. The molecule has 0 amide bonds. The van der Waals surface area contributed by atoms with Gasteiger partial charge in [0.15, 0.2) is 0 Å². The molecule has 1 rings (SSSR count). The Labute approximate surface area is 69.5 Å². The lowest BCUT2D eigenvalue weighted by Crippen LogP contribution is -2.02. The van der Waals surface area contributed by atoms with Crippen LogP contribution in [0.4, 0.5) is 10.3 Å². The van der Waals surface area contributed by atoms with Crippen LogP contribution >= 0.6 is 0 Å². The van der Waals surface area contributed by atoms with Crippen molar-refractivity contribution in [3.05, 3.63) is 24.4 Å². The number of aromatic nitrogens is 2. The van der Waals surface area contributed by atoms with E-state index >= 15 is 0 Å². The largest absolute Gasteiger partial charge is 0.364 e. The van der Waals surface area contributed by atoms with Crippen LogP contribution in [-0.4, -0.2) is 28.5 Å². The molecule has 0 saturated heterocycles. The predicted octanol–water partition coefficient (Wildman–Crippen LogP) is 0.359. The van der Waals surface area contributed by atoms with E-state index < -0.39 is 6.36 Å². The highest BCUT2D eigenvalue weighted by molar-refractivity contribution is 5.26. The Morgan fingerprint density at radius 1 is 1.58 bits per heavy atom. The van der Waals surface area contributed by atoms with Crippen LogP contribution in [0.2, 0.25) is 0 Å². The molecule has 12 heavy (non-hydrogen) atoms. The molecule has 4 nitrogen and oxygen atoms in total. The second-order valence-corrected chi connectivity index (χ2v) is 2.13. The maximum atomic E-state index is 12.0. The highest BCUT2D eigenvalue weighted by atomic mass is 19.1. The van der Waals surface area contributed by atoms with E-state index in [2.05, 4.69) is 15.3 Å². The summed E-state index contributed by atoms with van der Waals surface area (Å²) >= 11 is 0. The van der Waals surface area contributed by atoms with Gasteiger partial charge in [-0.1, -0.05) is 0 Å². The Bertz CT molecular complexity index is 237. The van der Waals surface area contributed by atoms with Gasteiger partial charge in [-0.3, -0.25) is 0 Å². The molecule has 1 unspecified atom stereocenters. The molecule has 0 aliphatic carbocycles. The first-order valence-corrected chi connectivity index (χ1v) is 3.39. The maximum absolute atomic E-state index is 12.0. The molecule has 1 aromatic rings. The molecule has 1 atom stereocenters. The van der Waals surface area contributed by atoms with Crippen molar-refractivity contribution in [3.63, 3.8) is 0 Å². The van der Waals surface area contributed by atoms with E-state index in [1.54, 1.807) is 7.05 Å². The number of alkyl halides is 1. The molecule has 0 fully saturated rings. The summed E-state index contributed by atoms with van der Waals surface area (Å²) in [5, 5.41) is 11.1. The molecular weight excluding hydrogens is 161 g/mol. The van der Waals surface area contributed by atoms with Gasteiger partial charge < -0.3 is 10.4 Å². The maximum Gasteiger partial charge on any atom is 0.222 e. The molecule has 0 aliphatic heterocycles. The van der Waals surface area contributed by atoms with E-state index in [0.29, 0.717) is 11.5 Å². The SMILES string of the molecule is CNc1ncc([CH]C(O)F)cn1. The molecule has 1 heterocycles. The van der Waals surface area contributed by atoms with Crippen LogP contribution in [0.15, 0.2) is 12.4 Å². The van der Waals surface area contributed by atoms with Gasteiger partial charge in [-0.2, -0.15) is 0 Å². The van der Waals surface area contributed by atoms with Crippen molar-refractivity contribution in [2.24, 2.45) is 0 Å². The fourth-order valence-electron chi connectivity index (χ4n) is 0.712. The zero-order valence-electron chi connectivity index (χ0n) is 6.53. The third-order valence-electron chi connectivity index (χ3n) is 1.23. The number of hydrogen-bond donors (Lipinski definition) is 2. The van der Waals surface area contributed by atoms with Gasteiger partial charge in [0.05, 0.1) is 6.42 Å². The van der Waals surface area contributed by atoms with Crippen LogP contribution in [0.1, 0.15) is 5.56 Å². The Kier molecular flexibility index (Phi) is 2.93. The number of rotatable bonds is 3. The van der Waals surface area contributed by atoms with E-state index in [0.717, 1.165) is 6.42 Å². The Hall–Kier alpha value is -1.23. The van der Waals surface area contributed by atoms with E-state index in [9.17, 15) is 4.39 Å². The highest BCUT2D eigenvalue weighted by Crippen LogP contribution is 2.05. The molecule has 0 aromatic carbocycles. The number of halogens is 1. The molecule has 1 radical (unpaired) electrons. The number of nitrogens with zero attached hydrogens (tertiary/aromatic N) is 2. The van der Waals surface area contributed by atoms with Crippen LogP contribution in [0.3, 0.4) is 0 Å². The van der Waals surface area contributed by atoms with Crippen molar-refractivity contribution in [1.82, 2.24) is 9.97 Å². The van der Waals surface area contributed by atoms with Crippen molar-refractivity contribution in [3.8, 4) is 0 Å². The van der Waals surface area contributed by atoms with Gasteiger partial charge in [-0.05, 0) is 5.56 Å².